The van der Waals surface area contributed by atoms with E-state index in [0.717, 1.165) is 63.5 Å². The lowest BCUT2D eigenvalue weighted by molar-refractivity contribution is -0.130. The minimum Gasteiger partial charge on any atom is -0.469 e. The molecule has 1 aliphatic heterocycles. The van der Waals surface area contributed by atoms with Gasteiger partial charge in [0.2, 0.25) is 5.91 Å². The molecule has 2 N–H and O–H groups in total. The highest BCUT2D eigenvalue weighted by Gasteiger charge is 2.15. The number of nitrogens with one attached hydrogen (secondary N) is 2. The van der Waals surface area contributed by atoms with Crippen LogP contribution in [0.4, 0.5) is 0 Å². The van der Waals surface area contributed by atoms with Crippen LogP contribution >= 0.6 is 0 Å². The van der Waals surface area contributed by atoms with Gasteiger partial charge in [-0.2, -0.15) is 0 Å². The Labute approximate surface area is 150 Å². The number of rotatable bonds is 9. The number of furan rings is 1. The molecular formula is C19H30N4O2. The summed E-state index contributed by atoms with van der Waals surface area (Å²) >= 11 is 0. The van der Waals surface area contributed by atoms with Gasteiger partial charge in [-0.15, -0.1) is 6.58 Å². The van der Waals surface area contributed by atoms with E-state index in [9.17, 15) is 4.79 Å². The van der Waals surface area contributed by atoms with Crippen molar-refractivity contribution in [2.45, 2.75) is 38.5 Å². The fourth-order valence-corrected chi connectivity index (χ4v) is 2.83. The fraction of sp³-hybridized carbons (Fsp3) is 0.579. The van der Waals surface area contributed by atoms with E-state index in [2.05, 4.69) is 22.2 Å². The van der Waals surface area contributed by atoms with Crippen LogP contribution in [-0.2, 0) is 11.2 Å². The van der Waals surface area contributed by atoms with E-state index >= 15 is 0 Å². The van der Waals surface area contributed by atoms with Crippen molar-refractivity contribution in [2.24, 2.45) is 4.99 Å². The lowest BCUT2D eigenvalue weighted by Crippen LogP contribution is -2.38. The molecule has 2 rings (SSSR count). The standard InChI is InChI=1S/C19H30N4O2/c1-2-11-20-19(22-13-10-17-8-6-16-25-17)21-12-7-15-23-14-5-3-4-9-18(23)24/h2,6,8,16H,1,3-5,7,9-15H2,(H2,20,21,22). The Morgan fingerprint density at radius 3 is 3.08 bits per heavy atom. The Kier molecular flexibility index (Phi) is 8.66. The normalized spacial score (nSPS) is 15.8. The molecule has 25 heavy (non-hydrogen) atoms. The fourth-order valence-electron chi connectivity index (χ4n) is 2.83. The predicted molar refractivity (Wildman–Crippen MR) is 101 cm³/mol. The van der Waals surface area contributed by atoms with Crippen LogP contribution in [0.15, 0.2) is 40.5 Å². The lowest BCUT2D eigenvalue weighted by atomic mass is 10.2. The molecular weight excluding hydrogens is 316 g/mol. The van der Waals surface area contributed by atoms with Crippen LogP contribution in [-0.4, -0.2) is 49.5 Å². The lowest BCUT2D eigenvalue weighted by Gasteiger charge is -2.20. The molecule has 1 aromatic heterocycles. The monoisotopic (exact) mass is 346 g/mol. The van der Waals surface area contributed by atoms with Crippen LogP contribution in [0.5, 0.6) is 0 Å². The van der Waals surface area contributed by atoms with Gasteiger partial charge in [-0.1, -0.05) is 12.5 Å². The minimum atomic E-state index is 0.294. The molecule has 0 spiro atoms. The molecule has 1 saturated heterocycles. The van der Waals surface area contributed by atoms with E-state index in [-0.39, 0.29) is 0 Å². The van der Waals surface area contributed by atoms with E-state index < -0.39 is 0 Å². The zero-order valence-electron chi connectivity index (χ0n) is 15.0. The highest BCUT2D eigenvalue weighted by molar-refractivity contribution is 5.80. The van der Waals surface area contributed by atoms with Gasteiger partial charge in [0.05, 0.1) is 6.26 Å². The Hall–Kier alpha value is -2.24. The molecule has 1 aromatic rings. The van der Waals surface area contributed by atoms with Gasteiger partial charge >= 0.3 is 0 Å². The molecule has 0 unspecified atom stereocenters. The Morgan fingerprint density at radius 2 is 2.28 bits per heavy atom. The van der Waals surface area contributed by atoms with E-state index in [4.69, 9.17) is 4.42 Å². The molecule has 138 valence electrons. The third kappa shape index (κ3) is 7.45. The number of hydrogen-bond acceptors (Lipinski definition) is 3. The van der Waals surface area contributed by atoms with Crippen LogP contribution in [0.25, 0.3) is 0 Å². The second kappa shape index (κ2) is 11.3. The van der Waals surface area contributed by atoms with Crippen molar-refractivity contribution in [1.29, 1.82) is 0 Å². The third-order valence-electron chi connectivity index (χ3n) is 4.19. The van der Waals surface area contributed by atoms with Crippen LogP contribution in [0.2, 0.25) is 0 Å². The maximum atomic E-state index is 12.0. The van der Waals surface area contributed by atoms with Crippen molar-refractivity contribution >= 4 is 11.9 Å². The van der Waals surface area contributed by atoms with E-state index in [1.54, 1.807) is 12.3 Å². The molecule has 1 fully saturated rings. The number of guanidine groups is 1. The van der Waals surface area contributed by atoms with Gasteiger partial charge in [-0.3, -0.25) is 9.79 Å². The maximum Gasteiger partial charge on any atom is 0.222 e. The first kappa shape index (κ1) is 19.1. The molecule has 0 bridgehead atoms. The average molecular weight is 346 g/mol. The summed E-state index contributed by atoms with van der Waals surface area (Å²) in [6.07, 6.45) is 9.19. The number of likely N-dealkylation sites (tertiary alicyclic amines) is 1. The molecule has 0 aromatic carbocycles. The first-order valence-electron chi connectivity index (χ1n) is 9.23. The second-order valence-corrected chi connectivity index (χ2v) is 6.20. The summed E-state index contributed by atoms with van der Waals surface area (Å²) in [5.41, 5.74) is 0. The minimum absolute atomic E-state index is 0.294. The highest BCUT2D eigenvalue weighted by Crippen LogP contribution is 2.11. The van der Waals surface area contributed by atoms with Gasteiger partial charge in [-0.05, 0) is 31.4 Å². The van der Waals surface area contributed by atoms with Crippen LogP contribution in [0.3, 0.4) is 0 Å². The first-order chi connectivity index (χ1) is 12.3. The molecule has 1 aliphatic rings. The summed E-state index contributed by atoms with van der Waals surface area (Å²) in [5, 5.41) is 6.52. The van der Waals surface area contributed by atoms with Crippen molar-refractivity contribution in [1.82, 2.24) is 15.5 Å². The predicted octanol–water partition coefficient (Wildman–Crippen LogP) is 2.34. The Balaban J connectivity index is 1.72. The number of carbonyl (C=O) groups excluding carboxylic acids is 1. The van der Waals surface area contributed by atoms with Crippen molar-refractivity contribution in [2.75, 3.05) is 32.7 Å². The molecule has 6 nitrogen and oxygen atoms in total. The Bertz CT molecular complexity index is 540. The first-order valence-corrected chi connectivity index (χ1v) is 9.23. The number of nitrogens with zero attached hydrogens (tertiary/aromatic N) is 2. The van der Waals surface area contributed by atoms with Gasteiger partial charge in [-0.25, -0.2) is 0 Å². The number of amides is 1. The quantitative estimate of drug-likeness (QED) is 0.312. The summed E-state index contributed by atoms with van der Waals surface area (Å²) in [6.45, 7) is 7.52. The van der Waals surface area contributed by atoms with Gasteiger partial charge in [0.15, 0.2) is 5.96 Å². The SMILES string of the molecule is C=CCNC(=NCCCN1CCCCCC1=O)NCCc1ccco1. The van der Waals surface area contributed by atoms with E-state index in [1.807, 2.05) is 17.0 Å². The smallest absolute Gasteiger partial charge is 0.222 e. The van der Waals surface area contributed by atoms with Crippen LogP contribution < -0.4 is 10.6 Å². The number of aliphatic imine (C=N–C) groups is 1. The summed E-state index contributed by atoms with van der Waals surface area (Å²) in [5.74, 6) is 2.02. The van der Waals surface area contributed by atoms with Crippen molar-refractivity contribution in [3.05, 3.63) is 36.8 Å². The second-order valence-electron chi connectivity index (χ2n) is 6.20. The average Bonchev–Trinajstić information content (AvgIpc) is 3.05. The largest absolute Gasteiger partial charge is 0.469 e. The Morgan fingerprint density at radius 1 is 1.36 bits per heavy atom. The molecule has 2 heterocycles. The van der Waals surface area contributed by atoms with Crippen LogP contribution in [0.1, 0.15) is 37.9 Å². The molecule has 0 radical (unpaired) electrons. The van der Waals surface area contributed by atoms with Gasteiger partial charge in [0, 0.05) is 45.6 Å². The number of hydrogen-bond donors (Lipinski definition) is 2. The zero-order valence-corrected chi connectivity index (χ0v) is 15.0. The molecule has 0 saturated carbocycles. The van der Waals surface area contributed by atoms with Gasteiger partial charge in [0.25, 0.3) is 0 Å². The maximum absolute atomic E-state index is 12.0. The van der Waals surface area contributed by atoms with Crippen LogP contribution in [0, 0.1) is 0 Å². The summed E-state index contributed by atoms with van der Waals surface area (Å²) < 4.78 is 5.33. The topological polar surface area (TPSA) is 69.9 Å². The van der Waals surface area contributed by atoms with Crippen molar-refractivity contribution in [3.8, 4) is 0 Å². The summed E-state index contributed by atoms with van der Waals surface area (Å²) in [4.78, 5) is 18.6. The molecule has 6 heteroatoms. The van der Waals surface area contributed by atoms with Gasteiger partial charge < -0.3 is 20.0 Å². The molecule has 1 amide bonds. The van der Waals surface area contributed by atoms with Crippen molar-refractivity contribution < 1.29 is 9.21 Å². The van der Waals surface area contributed by atoms with Crippen molar-refractivity contribution in [3.63, 3.8) is 0 Å². The summed E-state index contributed by atoms with van der Waals surface area (Å²) in [6, 6.07) is 3.86. The third-order valence-corrected chi connectivity index (χ3v) is 4.19. The molecule has 0 atom stereocenters. The zero-order chi connectivity index (χ0) is 17.7. The number of carbonyl (C=O) groups is 1. The molecule has 0 aliphatic carbocycles. The highest BCUT2D eigenvalue weighted by atomic mass is 16.3. The van der Waals surface area contributed by atoms with E-state index in [0.29, 0.717) is 25.4 Å². The van der Waals surface area contributed by atoms with E-state index in [1.165, 1.54) is 0 Å². The van der Waals surface area contributed by atoms with Gasteiger partial charge in [0.1, 0.15) is 5.76 Å². The summed E-state index contributed by atoms with van der Waals surface area (Å²) in [7, 11) is 0.